The molecule has 82 valence electrons. The summed E-state index contributed by atoms with van der Waals surface area (Å²) in [6, 6.07) is 4.94. The normalized spacial score (nSPS) is 24.8. The van der Waals surface area contributed by atoms with E-state index in [1.807, 2.05) is 0 Å². The molecule has 1 aliphatic carbocycles. The van der Waals surface area contributed by atoms with Crippen LogP contribution in [0, 0.1) is 12.8 Å². The minimum absolute atomic E-state index is 0.648. The molecule has 1 aliphatic rings. The van der Waals surface area contributed by atoms with E-state index in [0.29, 0.717) is 6.04 Å². The maximum atomic E-state index is 3.60. The van der Waals surface area contributed by atoms with Crippen LogP contribution in [0.3, 0.4) is 0 Å². The van der Waals surface area contributed by atoms with Crippen LogP contribution in [0.15, 0.2) is 21.1 Å². The van der Waals surface area contributed by atoms with Gasteiger partial charge in [-0.2, -0.15) is 0 Å². The average Bonchev–Trinajstić information content (AvgIpc) is 2.07. The predicted octanol–water partition coefficient (Wildman–Crippen LogP) is 4.73. The second-order valence-electron chi connectivity index (χ2n) is 4.52. The molecule has 0 saturated heterocycles. The highest BCUT2D eigenvalue weighted by Crippen LogP contribution is 2.36. The monoisotopic (exact) mass is 331 g/mol. The van der Waals surface area contributed by atoms with E-state index in [9.17, 15) is 0 Å². The first kappa shape index (κ1) is 11.5. The summed E-state index contributed by atoms with van der Waals surface area (Å²) in [7, 11) is 0. The molecule has 0 bridgehead atoms. The molecule has 1 aromatic rings. The Morgan fingerprint density at radius 2 is 1.73 bits per heavy atom. The van der Waals surface area contributed by atoms with Gasteiger partial charge in [0, 0.05) is 15.0 Å². The third-order valence-electron chi connectivity index (χ3n) is 2.91. The number of hydrogen-bond donors (Lipinski definition) is 1. The van der Waals surface area contributed by atoms with E-state index < -0.39 is 0 Å². The van der Waals surface area contributed by atoms with Crippen LogP contribution >= 0.6 is 31.9 Å². The van der Waals surface area contributed by atoms with Gasteiger partial charge in [-0.1, -0.05) is 6.92 Å². The number of anilines is 1. The minimum Gasteiger partial charge on any atom is -0.380 e. The topological polar surface area (TPSA) is 12.0 Å². The standard InChI is InChI=1S/C12H15Br2N/c1-7-3-9(4-7)15-12-10(13)5-8(2)6-11(12)14/h5-7,9,15H,3-4H2,1-2H3. The lowest BCUT2D eigenvalue weighted by atomic mass is 9.82. The maximum Gasteiger partial charge on any atom is 0.0631 e. The van der Waals surface area contributed by atoms with Gasteiger partial charge in [-0.05, 0) is 75.2 Å². The number of hydrogen-bond acceptors (Lipinski definition) is 1. The molecule has 0 aromatic heterocycles. The first-order chi connectivity index (χ1) is 7.06. The summed E-state index contributed by atoms with van der Waals surface area (Å²) < 4.78 is 2.29. The number of rotatable bonds is 2. The van der Waals surface area contributed by atoms with E-state index in [1.54, 1.807) is 0 Å². The number of halogens is 2. The lowest BCUT2D eigenvalue weighted by Gasteiger charge is -2.34. The quantitative estimate of drug-likeness (QED) is 0.825. The Morgan fingerprint density at radius 3 is 2.20 bits per heavy atom. The summed E-state index contributed by atoms with van der Waals surface area (Å²) in [6.07, 6.45) is 2.57. The second-order valence-corrected chi connectivity index (χ2v) is 6.23. The Kier molecular flexibility index (Phi) is 3.41. The summed E-state index contributed by atoms with van der Waals surface area (Å²) in [6.45, 7) is 4.40. The molecule has 0 aliphatic heterocycles. The molecule has 1 nitrogen and oxygen atoms in total. The van der Waals surface area contributed by atoms with Crippen molar-refractivity contribution in [2.45, 2.75) is 32.7 Å². The molecule has 3 heteroatoms. The van der Waals surface area contributed by atoms with E-state index in [4.69, 9.17) is 0 Å². The predicted molar refractivity (Wildman–Crippen MR) is 72.4 cm³/mol. The van der Waals surface area contributed by atoms with Gasteiger partial charge in [0.25, 0.3) is 0 Å². The van der Waals surface area contributed by atoms with Crippen LogP contribution in [0.4, 0.5) is 5.69 Å². The van der Waals surface area contributed by atoms with Gasteiger partial charge >= 0.3 is 0 Å². The first-order valence-corrected chi connectivity index (χ1v) is 6.87. The molecular formula is C12H15Br2N. The third-order valence-corrected chi connectivity index (χ3v) is 4.16. The summed E-state index contributed by atoms with van der Waals surface area (Å²) in [4.78, 5) is 0. The van der Waals surface area contributed by atoms with E-state index in [0.717, 1.165) is 14.9 Å². The SMILES string of the molecule is Cc1cc(Br)c(NC2CC(C)C2)c(Br)c1. The van der Waals surface area contributed by atoms with E-state index in [2.05, 4.69) is 63.2 Å². The molecule has 0 heterocycles. The molecule has 1 saturated carbocycles. The van der Waals surface area contributed by atoms with Crippen molar-refractivity contribution < 1.29 is 0 Å². The van der Waals surface area contributed by atoms with Gasteiger partial charge in [-0.15, -0.1) is 0 Å². The molecule has 0 spiro atoms. The largest absolute Gasteiger partial charge is 0.380 e. The van der Waals surface area contributed by atoms with Crippen molar-refractivity contribution in [2.24, 2.45) is 5.92 Å². The maximum absolute atomic E-state index is 3.60. The number of nitrogens with one attached hydrogen (secondary N) is 1. The zero-order valence-corrected chi connectivity index (χ0v) is 12.2. The molecule has 0 radical (unpaired) electrons. The highest BCUT2D eigenvalue weighted by Gasteiger charge is 2.26. The van der Waals surface area contributed by atoms with E-state index in [1.165, 1.54) is 24.1 Å². The van der Waals surface area contributed by atoms with Crippen LogP contribution < -0.4 is 5.32 Å². The fourth-order valence-corrected chi connectivity index (χ4v) is 3.71. The molecule has 15 heavy (non-hydrogen) atoms. The lowest BCUT2D eigenvalue weighted by molar-refractivity contribution is 0.309. The summed E-state index contributed by atoms with van der Waals surface area (Å²) >= 11 is 7.20. The van der Waals surface area contributed by atoms with Gasteiger partial charge in [0.15, 0.2) is 0 Å². The van der Waals surface area contributed by atoms with Gasteiger partial charge in [-0.25, -0.2) is 0 Å². The van der Waals surface area contributed by atoms with Crippen LogP contribution in [0.25, 0.3) is 0 Å². The fourth-order valence-electron chi connectivity index (χ4n) is 2.06. The van der Waals surface area contributed by atoms with Gasteiger partial charge in [-0.3, -0.25) is 0 Å². The van der Waals surface area contributed by atoms with Gasteiger partial charge < -0.3 is 5.32 Å². The van der Waals surface area contributed by atoms with Crippen molar-refractivity contribution in [3.05, 3.63) is 26.6 Å². The molecule has 2 rings (SSSR count). The first-order valence-electron chi connectivity index (χ1n) is 5.28. The van der Waals surface area contributed by atoms with Crippen molar-refractivity contribution in [2.75, 3.05) is 5.32 Å². The molecule has 0 atom stereocenters. The Hall–Kier alpha value is -0.0200. The zero-order chi connectivity index (χ0) is 11.0. The van der Waals surface area contributed by atoms with Crippen molar-refractivity contribution in [3.63, 3.8) is 0 Å². The van der Waals surface area contributed by atoms with Gasteiger partial charge in [0.1, 0.15) is 0 Å². The van der Waals surface area contributed by atoms with Crippen LogP contribution in [0.1, 0.15) is 25.3 Å². The summed E-state index contributed by atoms with van der Waals surface area (Å²) in [5.41, 5.74) is 2.46. The van der Waals surface area contributed by atoms with Crippen LogP contribution in [0.2, 0.25) is 0 Å². The summed E-state index contributed by atoms with van der Waals surface area (Å²) in [5, 5.41) is 3.58. The van der Waals surface area contributed by atoms with Crippen LogP contribution in [-0.2, 0) is 0 Å². The minimum atomic E-state index is 0.648. The van der Waals surface area contributed by atoms with Crippen LogP contribution in [-0.4, -0.2) is 6.04 Å². The smallest absolute Gasteiger partial charge is 0.0631 e. The van der Waals surface area contributed by atoms with E-state index >= 15 is 0 Å². The summed E-state index contributed by atoms with van der Waals surface area (Å²) in [5.74, 6) is 0.880. The Balaban J connectivity index is 2.14. The highest BCUT2D eigenvalue weighted by molar-refractivity contribution is 9.11. The molecule has 1 N–H and O–H groups in total. The van der Waals surface area contributed by atoms with Crippen molar-refractivity contribution in [3.8, 4) is 0 Å². The average molecular weight is 333 g/mol. The van der Waals surface area contributed by atoms with Gasteiger partial charge in [0.2, 0.25) is 0 Å². The highest BCUT2D eigenvalue weighted by atomic mass is 79.9. The Morgan fingerprint density at radius 1 is 1.20 bits per heavy atom. The third kappa shape index (κ3) is 2.56. The molecular weight excluding hydrogens is 318 g/mol. The molecule has 1 fully saturated rings. The van der Waals surface area contributed by atoms with Crippen molar-refractivity contribution in [1.82, 2.24) is 0 Å². The number of benzene rings is 1. The zero-order valence-electron chi connectivity index (χ0n) is 8.98. The van der Waals surface area contributed by atoms with Crippen molar-refractivity contribution >= 4 is 37.5 Å². The van der Waals surface area contributed by atoms with Gasteiger partial charge in [0.05, 0.1) is 5.69 Å². The van der Waals surface area contributed by atoms with Crippen LogP contribution in [0.5, 0.6) is 0 Å². The fraction of sp³-hybridized carbons (Fsp3) is 0.500. The Labute approximate surface area is 108 Å². The lowest BCUT2D eigenvalue weighted by Crippen LogP contribution is -2.33. The van der Waals surface area contributed by atoms with E-state index in [-0.39, 0.29) is 0 Å². The molecule has 0 amide bonds. The van der Waals surface area contributed by atoms with Crippen molar-refractivity contribution in [1.29, 1.82) is 0 Å². The molecule has 0 unspecified atom stereocenters. The second kappa shape index (κ2) is 4.46. The Bertz CT molecular complexity index is 347. The number of aryl methyl sites for hydroxylation is 1. The molecule has 1 aromatic carbocycles.